The molecule has 0 amide bonds. The van der Waals surface area contributed by atoms with Crippen LogP contribution in [-0.2, 0) is 0 Å². The van der Waals surface area contributed by atoms with Crippen molar-refractivity contribution in [2.45, 2.75) is 106 Å². The van der Waals surface area contributed by atoms with Gasteiger partial charge in [-0.1, -0.05) is 80.5 Å². The molecule has 0 bridgehead atoms. The molecule has 2 aliphatic carbocycles. The van der Waals surface area contributed by atoms with E-state index in [4.69, 9.17) is 0 Å². The zero-order valence-electron chi connectivity index (χ0n) is 36.2. The smallest absolute Gasteiger partial charge is 0.0546 e. The molecule has 0 saturated heterocycles. The number of nitrogens with zero attached hydrogens (tertiary/aromatic N) is 2. The molecule has 0 radical (unpaired) electrons. The first-order valence-electron chi connectivity index (χ1n) is 21.5. The second kappa shape index (κ2) is 16.0. The maximum Gasteiger partial charge on any atom is 0.0546 e. The average molecular weight is 761 g/mol. The summed E-state index contributed by atoms with van der Waals surface area (Å²) >= 11 is 0. The molecular weight excluding hydrogens is 701 g/mol. The van der Waals surface area contributed by atoms with Crippen LogP contribution in [0.1, 0.15) is 113 Å². The molecule has 6 aromatic rings. The second-order valence-electron chi connectivity index (χ2n) is 17.3. The van der Waals surface area contributed by atoms with E-state index in [0.29, 0.717) is 5.92 Å². The van der Waals surface area contributed by atoms with Gasteiger partial charge in [-0.2, -0.15) is 0 Å². The Hall–Kier alpha value is -5.60. The molecule has 1 fully saturated rings. The maximum atomic E-state index is 4.51. The fraction of sp³-hybridized carbons (Fsp3) is 0.286. The highest BCUT2D eigenvalue weighted by Gasteiger charge is 2.26. The quantitative estimate of drug-likeness (QED) is 0.135. The Morgan fingerprint density at radius 1 is 0.517 bits per heavy atom. The highest BCUT2D eigenvalue weighted by molar-refractivity contribution is 6.18. The number of fused-ring (bicyclic) bond motifs is 3. The lowest BCUT2D eigenvalue weighted by Gasteiger charge is -2.33. The number of anilines is 5. The van der Waals surface area contributed by atoms with Crippen LogP contribution in [0, 0.1) is 48.5 Å². The topological polar surface area (TPSA) is 6.48 Å². The maximum absolute atomic E-state index is 4.51. The number of hydrogen-bond donors (Lipinski definition) is 0. The summed E-state index contributed by atoms with van der Waals surface area (Å²) in [5.41, 5.74) is 21.2. The second-order valence-corrected chi connectivity index (χ2v) is 17.3. The highest BCUT2D eigenvalue weighted by atomic mass is 15.2. The van der Waals surface area contributed by atoms with Crippen LogP contribution in [0.3, 0.4) is 0 Å². The Morgan fingerprint density at radius 2 is 1.12 bits per heavy atom. The third-order valence-electron chi connectivity index (χ3n) is 13.5. The summed E-state index contributed by atoms with van der Waals surface area (Å²) in [5, 5.41) is 4.94. The van der Waals surface area contributed by atoms with Gasteiger partial charge in [0.15, 0.2) is 0 Å². The van der Waals surface area contributed by atoms with Crippen LogP contribution < -0.4 is 9.80 Å². The molecule has 0 heterocycles. The molecule has 1 saturated carbocycles. The summed E-state index contributed by atoms with van der Waals surface area (Å²) in [5.74, 6) is 0.580. The van der Waals surface area contributed by atoms with Crippen LogP contribution in [0.15, 0.2) is 115 Å². The zero-order chi connectivity index (χ0) is 40.8. The van der Waals surface area contributed by atoms with E-state index < -0.39 is 0 Å². The lowest BCUT2D eigenvalue weighted by atomic mass is 9.82. The van der Waals surface area contributed by atoms with E-state index in [-0.39, 0.29) is 0 Å². The minimum Gasteiger partial charge on any atom is -0.310 e. The molecule has 6 aromatic carbocycles. The molecule has 294 valence electrons. The first kappa shape index (κ1) is 39.2. The van der Waals surface area contributed by atoms with Gasteiger partial charge < -0.3 is 9.80 Å². The largest absolute Gasteiger partial charge is 0.310 e. The van der Waals surface area contributed by atoms with Crippen LogP contribution in [0.25, 0.3) is 33.7 Å². The standard InChI is InChI=1S/C56H60N2/c1-11-49-50(12-2)55(57(45-20-16-17-35(3)27-45)46-24-21-36(4)38(6)28-46)34-53-51-26-23-44(43-18-14-13-15-19-43)32-54(51)56(33-52(49)53)58(47-25-22-37(5)39(7)29-47)48-30-40(8)42(10)41(9)31-48/h11-12,20-34,43H,1-2,13-19H2,3-10H3. The number of aryl methyl sites for hydroxylation is 6. The Bertz CT molecular complexity index is 2650. The Morgan fingerprint density at radius 3 is 1.72 bits per heavy atom. The Labute approximate surface area is 347 Å². The van der Waals surface area contributed by atoms with Crippen molar-refractivity contribution in [3.63, 3.8) is 0 Å². The summed E-state index contributed by atoms with van der Waals surface area (Å²) in [6.45, 7) is 26.8. The van der Waals surface area contributed by atoms with E-state index in [1.54, 1.807) is 0 Å². The lowest BCUT2D eigenvalue weighted by Crippen LogP contribution is -2.19. The van der Waals surface area contributed by atoms with Crippen molar-refractivity contribution in [2.24, 2.45) is 0 Å². The molecule has 0 spiro atoms. The fourth-order valence-corrected chi connectivity index (χ4v) is 9.53. The van der Waals surface area contributed by atoms with Gasteiger partial charge in [0.1, 0.15) is 0 Å². The van der Waals surface area contributed by atoms with Gasteiger partial charge in [-0.15, -0.1) is 0 Å². The summed E-state index contributed by atoms with van der Waals surface area (Å²) < 4.78 is 0. The first-order valence-corrected chi connectivity index (χ1v) is 21.5. The normalized spacial score (nSPS) is 14.7. The van der Waals surface area contributed by atoms with Crippen molar-refractivity contribution in [1.29, 1.82) is 0 Å². The average Bonchev–Trinajstić information content (AvgIpc) is 3.22. The lowest BCUT2D eigenvalue weighted by molar-refractivity contribution is 0.444. The summed E-state index contributed by atoms with van der Waals surface area (Å²) in [4.78, 5) is 4.99. The predicted octanol–water partition coefficient (Wildman–Crippen LogP) is 16.7. The van der Waals surface area contributed by atoms with Gasteiger partial charge >= 0.3 is 0 Å². The van der Waals surface area contributed by atoms with Crippen LogP contribution >= 0.6 is 0 Å². The molecule has 2 nitrogen and oxygen atoms in total. The van der Waals surface area contributed by atoms with Gasteiger partial charge in [0.2, 0.25) is 0 Å². The molecule has 0 aromatic heterocycles. The van der Waals surface area contributed by atoms with Gasteiger partial charge in [0.05, 0.1) is 11.4 Å². The monoisotopic (exact) mass is 760 g/mol. The van der Waals surface area contributed by atoms with Crippen molar-refractivity contribution < 1.29 is 0 Å². The number of rotatable bonds is 9. The van der Waals surface area contributed by atoms with Crippen molar-refractivity contribution in [1.82, 2.24) is 0 Å². The summed E-state index contributed by atoms with van der Waals surface area (Å²) in [7, 11) is 0. The zero-order valence-corrected chi connectivity index (χ0v) is 36.2. The van der Waals surface area contributed by atoms with Crippen molar-refractivity contribution in [2.75, 3.05) is 9.80 Å². The Kier molecular flexibility index (Phi) is 10.8. The predicted molar refractivity (Wildman–Crippen MR) is 255 cm³/mol. The van der Waals surface area contributed by atoms with E-state index >= 15 is 0 Å². The first-order chi connectivity index (χ1) is 28.0. The molecule has 0 atom stereocenters. The number of hydrogen-bond acceptors (Lipinski definition) is 2. The van der Waals surface area contributed by atoms with Gasteiger partial charge in [-0.3, -0.25) is 0 Å². The summed E-state index contributed by atoms with van der Waals surface area (Å²) in [6, 6.07) is 30.9. The van der Waals surface area contributed by atoms with Crippen LogP contribution in [0.5, 0.6) is 0 Å². The van der Waals surface area contributed by atoms with Gasteiger partial charge in [0.25, 0.3) is 0 Å². The Balaban J connectivity index is 1.50. The summed E-state index contributed by atoms with van der Waals surface area (Å²) in [6.07, 6.45) is 17.4. The van der Waals surface area contributed by atoms with E-state index in [1.165, 1.54) is 126 Å². The molecule has 0 unspecified atom stereocenters. The van der Waals surface area contributed by atoms with Gasteiger partial charge in [-0.05, 0) is 214 Å². The van der Waals surface area contributed by atoms with Crippen LogP contribution in [-0.4, -0.2) is 0 Å². The number of allylic oxidation sites excluding steroid dienone is 3. The van der Waals surface area contributed by atoms with Crippen molar-refractivity contribution in [3.05, 3.63) is 171 Å². The fourth-order valence-electron chi connectivity index (χ4n) is 9.53. The minimum atomic E-state index is 0.580. The molecule has 0 N–H and O–H groups in total. The molecule has 58 heavy (non-hydrogen) atoms. The third kappa shape index (κ3) is 7.12. The van der Waals surface area contributed by atoms with E-state index in [0.717, 1.165) is 35.3 Å². The van der Waals surface area contributed by atoms with E-state index in [2.05, 4.69) is 175 Å². The molecule has 8 rings (SSSR count). The highest BCUT2D eigenvalue weighted by Crippen LogP contribution is 2.49. The van der Waals surface area contributed by atoms with E-state index in [1.807, 2.05) is 6.08 Å². The van der Waals surface area contributed by atoms with Crippen molar-refractivity contribution in [3.8, 4) is 0 Å². The molecule has 2 heteroatoms. The molecule has 2 aliphatic rings. The minimum absolute atomic E-state index is 0.580. The number of benzene rings is 6. The van der Waals surface area contributed by atoms with Crippen LogP contribution in [0.4, 0.5) is 28.4 Å². The van der Waals surface area contributed by atoms with Crippen LogP contribution in [0.2, 0.25) is 0 Å². The van der Waals surface area contributed by atoms with Gasteiger partial charge in [0, 0.05) is 33.7 Å². The van der Waals surface area contributed by atoms with Gasteiger partial charge in [-0.25, -0.2) is 0 Å². The third-order valence-corrected chi connectivity index (χ3v) is 13.5. The van der Waals surface area contributed by atoms with E-state index in [9.17, 15) is 0 Å². The SMILES string of the molecule is C=Cc1c(N(C2=CCCC(C)=C2)c2ccc(C)c(C)c2)cc2c(cc(N(c3ccc(C)c(C)c3)c3cc(C)c(C)c(C)c3)c3cc(C4CCCCC4)ccc32)c1C=C. The van der Waals surface area contributed by atoms with Crippen molar-refractivity contribution >= 4 is 62.1 Å². The molecule has 0 aliphatic heterocycles. The molecular formula is C56H60N2.